The van der Waals surface area contributed by atoms with Gasteiger partial charge >= 0.3 is 0 Å². The summed E-state index contributed by atoms with van der Waals surface area (Å²) < 4.78 is 10.9. The zero-order valence-electron chi connectivity index (χ0n) is 16.3. The van der Waals surface area contributed by atoms with Gasteiger partial charge in [-0.15, -0.1) is 0 Å². The lowest BCUT2D eigenvalue weighted by molar-refractivity contribution is 0.0818. The van der Waals surface area contributed by atoms with Gasteiger partial charge < -0.3 is 14.2 Å². The van der Waals surface area contributed by atoms with E-state index in [0.717, 1.165) is 62.4 Å². The van der Waals surface area contributed by atoms with Gasteiger partial charge in [-0.1, -0.05) is 35.5 Å². The van der Waals surface area contributed by atoms with E-state index in [-0.39, 0.29) is 0 Å². The van der Waals surface area contributed by atoms with Crippen molar-refractivity contribution in [3.05, 3.63) is 60.0 Å². The van der Waals surface area contributed by atoms with Crippen LogP contribution in [0.5, 0.6) is 0 Å². The normalized spacial score (nSPS) is 15.1. The lowest BCUT2D eigenvalue weighted by Gasteiger charge is -2.32. The fraction of sp³-hybridized carbons (Fsp3) is 0.409. The Hall–Kier alpha value is -2.73. The third-order valence-electron chi connectivity index (χ3n) is 5.27. The number of aryl methyl sites for hydroxylation is 2. The minimum atomic E-state index is 0.370. The summed E-state index contributed by atoms with van der Waals surface area (Å²) in [6.07, 6.45) is 7.08. The lowest BCUT2D eigenvalue weighted by Crippen LogP contribution is -2.37. The minimum absolute atomic E-state index is 0.370. The molecule has 0 amide bonds. The third kappa shape index (κ3) is 4.57. The molecule has 6 nitrogen and oxygen atoms in total. The van der Waals surface area contributed by atoms with Crippen molar-refractivity contribution >= 4 is 5.82 Å². The number of aromatic nitrogens is 3. The van der Waals surface area contributed by atoms with Crippen LogP contribution in [0.2, 0.25) is 0 Å². The van der Waals surface area contributed by atoms with Crippen LogP contribution in [0.15, 0.2) is 53.2 Å². The highest BCUT2D eigenvalue weighted by Crippen LogP contribution is 2.23. The summed E-state index contributed by atoms with van der Waals surface area (Å²) in [6.45, 7) is 1.94. The fourth-order valence-corrected chi connectivity index (χ4v) is 3.59. The molecule has 0 N–H and O–H groups in total. The summed E-state index contributed by atoms with van der Waals surface area (Å²) >= 11 is 0. The Morgan fingerprint density at radius 2 is 1.89 bits per heavy atom. The van der Waals surface area contributed by atoms with Crippen LogP contribution >= 0.6 is 0 Å². The minimum Gasteiger partial charge on any atom is -0.381 e. The first kappa shape index (κ1) is 18.6. The maximum absolute atomic E-state index is 5.44. The molecular weight excluding hydrogens is 352 g/mol. The van der Waals surface area contributed by atoms with E-state index >= 15 is 0 Å². The number of pyridine rings is 1. The van der Waals surface area contributed by atoms with Gasteiger partial charge in [0.25, 0.3) is 5.89 Å². The Morgan fingerprint density at radius 3 is 2.61 bits per heavy atom. The number of rotatable bonds is 7. The highest BCUT2D eigenvalue weighted by molar-refractivity contribution is 5.54. The van der Waals surface area contributed by atoms with Crippen molar-refractivity contribution in [1.82, 2.24) is 15.1 Å². The molecule has 0 spiro atoms. The van der Waals surface area contributed by atoms with Crippen molar-refractivity contribution < 1.29 is 9.26 Å². The lowest BCUT2D eigenvalue weighted by atomic mass is 10.1. The van der Waals surface area contributed by atoms with E-state index in [9.17, 15) is 0 Å². The molecule has 0 saturated carbocycles. The first-order chi connectivity index (χ1) is 13.8. The number of nitrogens with zero attached hydrogens (tertiary/aromatic N) is 4. The van der Waals surface area contributed by atoms with Crippen molar-refractivity contribution in [3.8, 4) is 11.5 Å². The van der Waals surface area contributed by atoms with Crippen molar-refractivity contribution in [2.75, 3.05) is 25.1 Å². The predicted molar refractivity (Wildman–Crippen MR) is 108 cm³/mol. The van der Waals surface area contributed by atoms with Gasteiger partial charge in [0.05, 0.1) is 11.7 Å². The number of hydrogen-bond donors (Lipinski definition) is 0. The molecule has 0 bridgehead atoms. The second-order valence-corrected chi connectivity index (χ2v) is 7.18. The molecule has 1 aliphatic heterocycles. The van der Waals surface area contributed by atoms with E-state index in [1.807, 2.05) is 24.4 Å². The maximum atomic E-state index is 5.44. The largest absolute Gasteiger partial charge is 0.381 e. The van der Waals surface area contributed by atoms with Gasteiger partial charge in [0.2, 0.25) is 0 Å². The van der Waals surface area contributed by atoms with Gasteiger partial charge in [0, 0.05) is 32.8 Å². The standard InChI is InChI=1S/C22H26N4O2/c1-27-19-12-14-26(15-13-19)21-11-10-18(16-23-21)22-24-20(25-28-22)9-5-8-17-6-3-2-4-7-17/h2-4,6-7,10-11,16,19H,5,8-9,12-15H2,1H3. The Labute approximate surface area is 165 Å². The second-order valence-electron chi connectivity index (χ2n) is 7.18. The summed E-state index contributed by atoms with van der Waals surface area (Å²) in [7, 11) is 1.79. The van der Waals surface area contributed by atoms with Crippen LogP contribution in [0.1, 0.15) is 30.7 Å². The zero-order valence-corrected chi connectivity index (χ0v) is 16.3. The molecule has 1 aliphatic rings. The number of benzene rings is 1. The SMILES string of the molecule is COC1CCN(c2ccc(-c3nc(CCCc4ccccc4)no3)cn2)CC1. The molecule has 3 aromatic rings. The first-order valence-corrected chi connectivity index (χ1v) is 9.92. The molecule has 2 aromatic heterocycles. The van der Waals surface area contributed by atoms with Gasteiger partial charge in [0.1, 0.15) is 5.82 Å². The third-order valence-corrected chi connectivity index (χ3v) is 5.27. The summed E-state index contributed by atoms with van der Waals surface area (Å²) in [4.78, 5) is 11.4. The highest BCUT2D eigenvalue weighted by Gasteiger charge is 2.20. The quantitative estimate of drug-likeness (QED) is 0.621. The molecule has 0 aliphatic carbocycles. The van der Waals surface area contributed by atoms with Gasteiger partial charge in [-0.3, -0.25) is 0 Å². The van der Waals surface area contributed by atoms with Gasteiger partial charge in [0.15, 0.2) is 5.82 Å². The van der Waals surface area contributed by atoms with Crippen molar-refractivity contribution in [2.45, 2.75) is 38.2 Å². The monoisotopic (exact) mass is 378 g/mol. The Balaban J connectivity index is 1.32. The summed E-state index contributed by atoms with van der Waals surface area (Å²) in [5.74, 6) is 2.27. The van der Waals surface area contributed by atoms with Crippen molar-refractivity contribution in [1.29, 1.82) is 0 Å². The number of methoxy groups -OCH3 is 1. The van der Waals surface area contributed by atoms with Crippen LogP contribution in [-0.2, 0) is 17.6 Å². The maximum Gasteiger partial charge on any atom is 0.259 e. The van der Waals surface area contributed by atoms with E-state index in [1.165, 1.54) is 5.56 Å². The molecule has 146 valence electrons. The average molecular weight is 378 g/mol. The van der Waals surface area contributed by atoms with E-state index < -0.39 is 0 Å². The van der Waals surface area contributed by atoms with Gasteiger partial charge in [-0.25, -0.2) is 4.98 Å². The molecule has 1 aromatic carbocycles. The van der Waals surface area contributed by atoms with Crippen LogP contribution in [0.3, 0.4) is 0 Å². The van der Waals surface area contributed by atoms with E-state index in [0.29, 0.717) is 12.0 Å². The molecular formula is C22H26N4O2. The summed E-state index contributed by atoms with van der Waals surface area (Å²) in [5.41, 5.74) is 2.19. The molecule has 3 heterocycles. The van der Waals surface area contributed by atoms with E-state index in [1.54, 1.807) is 7.11 Å². The van der Waals surface area contributed by atoms with E-state index in [4.69, 9.17) is 9.26 Å². The van der Waals surface area contributed by atoms with Crippen molar-refractivity contribution in [2.24, 2.45) is 0 Å². The Bertz CT molecular complexity index is 856. The topological polar surface area (TPSA) is 64.3 Å². The molecule has 0 atom stereocenters. The Kier molecular flexibility index (Phi) is 5.97. The predicted octanol–water partition coefficient (Wildman–Crippen LogP) is 3.92. The molecule has 1 fully saturated rings. The molecule has 0 unspecified atom stereocenters. The van der Waals surface area contributed by atoms with Gasteiger partial charge in [-0.2, -0.15) is 4.98 Å². The number of ether oxygens (including phenoxy) is 1. The van der Waals surface area contributed by atoms with Crippen molar-refractivity contribution in [3.63, 3.8) is 0 Å². The van der Waals surface area contributed by atoms with Crippen LogP contribution < -0.4 is 4.90 Å². The van der Waals surface area contributed by atoms with Crippen LogP contribution in [0.4, 0.5) is 5.82 Å². The first-order valence-electron chi connectivity index (χ1n) is 9.92. The van der Waals surface area contributed by atoms with Crippen LogP contribution in [0.25, 0.3) is 11.5 Å². The number of piperidine rings is 1. The molecule has 0 radical (unpaired) electrons. The summed E-state index contributed by atoms with van der Waals surface area (Å²) in [5, 5.41) is 4.12. The zero-order chi connectivity index (χ0) is 19.2. The second kappa shape index (κ2) is 8.97. The number of anilines is 1. The van der Waals surface area contributed by atoms with Crippen LogP contribution in [0, 0.1) is 0 Å². The smallest absolute Gasteiger partial charge is 0.259 e. The summed E-state index contributed by atoms with van der Waals surface area (Å²) in [6, 6.07) is 14.5. The fourth-order valence-electron chi connectivity index (χ4n) is 3.59. The molecule has 1 saturated heterocycles. The number of hydrogen-bond acceptors (Lipinski definition) is 6. The molecule has 28 heavy (non-hydrogen) atoms. The Morgan fingerprint density at radius 1 is 1.07 bits per heavy atom. The van der Waals surface area contributed by atoms with E-state index in [2.05, 4.69) is 44.3 Å². The van der Waals surface area contributed by atoms with Crippen LogP contribution in [-0.4, -0.2) is 41.4 Å². The highest BCUT2D eigenvalue weighted by atomic mass is 16.5. The van der Waals surface area contributed by atoms with Gasteiger partial charge in [-0.05, 0) is 43.4 Å². The molecule has 4 rings (SSSR count). The molecule has 6 heteroatoms. The average Bonchev–Trinajstić information content (AvgIpc) is 3.24.